The molecule has 4 rings (SSSR count). The highest BCUT2D eigenvalue weighted by Crippen LogP contribution is 2.36. The van der Waals surface area contributed by atoms with Gasteiger partial charge < -0.3 is 15.1 Å². The lowest BCUT2D eigenvalue weighted by molar-refractivity contribution is -0.132. The van der Waals surface area contributed by atoms with Gasteiger partial charge in [0.1, 0.15) is 0 Å². The van der Waals surface area contributed by atoms with E-state index in [4.69, 9.17) is 0 Å². The summed E-state index contributed by atoms with van der Waals surface area (Å²) in [4.78, 5) is 30.2. The summed E-state index contributed by atoms with van der Waals surface area (Å²) in [6.45, 7) is 3.04. The summed E-state index contributed by atoms with van der Waals surface area (Å²) in [5.41, 5.74) is 2.03. The lowest BCUT2D eigenvalue weighted by Gasteiger charge is -2.36. The number of nitrogens with zero attached hydrogens (tertiary/aromatic N) is 2. The van der Waals surface area contributed by atoms with E-state index in [2.05, 4.69) is 22.3 Å². The molecule has 0 bridgehead atoms. The molecule has 1 fully saturated rings. The van der Waals surface area contributed by atoms with Crippen LogP contribution in [0.25, 0.3) is 0 Å². The third-order valence-electron chi connectivity index (χ3n) is 4.82. The molecular formula is C20H21N3O2S. The van der Waals surface area contributed by atoms with Crippen LogP contribution < -0.4 is 10.2 Å². The van der Waals surface area contributed by atoms with Crippen LogP contribution in [0.2, 0.25) is 0 Å². The third kappa shape index (κ3) is 3.55. The van der Waals surface area contributed by atoms with Crippen molar-refractivity contribution in [1.29, 1.82) is 0 Å². The second-order valence-electron chi connectivity index (χ2n) is 6.50. The van der Waals surface area contributed by atoms with Crippen molar-refractivity contribution < 1.29 is 9.59 Å². The van der Waals surface area contributed by atoms with Gasteiger partial charge >= 0.3 is 0 Å². The number of hydrogen-bond donors (Lipinski definition) is 1. The highest BCUT2D eigenvalue weighted by Gasteiger charge is 2.31. The van der Waals surface area contributed by atoms with Gasteiger partial charge in [-0.1, -0.05) is 30.3 Å². The van der Waals surface area contributed by atoms with Crippen LogP contribution in [0, 0.1) is 0 Å². The van der Waals surface area contributed by atoms with E-state index >= 15 is 0 Å². The Hall–Kier alpha value is -2.47. The average molecular weight is 367 g/mol. The standard InChI is InChI=1S/C20H21N3O2S/c24-19(14-18-20(25)21-16-8-4-5-9-17(16)26-18)23-12-10-22(11-13-23)15-6-2-1-3-7-15/h1-9,18H,10-14H2,(H,21,25)/t18-/m1/s1. The Morgan fingerprint density at radius 2 is 1.69 bits per heavy atom. The van der Waals surface area contributed by atoms with E-state index in [1.165, 1.54) is 17.4 Å². The maximum atomic E-state index is 12.7. The Balaban J connectivity index is 1.34. The number of piperazine rings is 1. The van der Waals surface area contributed by atoms with Gasteiger partial charge in [-0.3, -0.25) is 9.59 Å². The molecule has 134 valence electrons. The van der Waals surface area contributed by atoms with Crippen LogP contribution in [0.4, 0.5) is 11.4 Å². The molecule has 2 aromatic rings. The first-order valence-corrected chi connectivity index (χ1v) is 9.73. The number of rotatable bonds is 3. The van der Waals surface area contributed by atoms with Gasteiger partial charge in [0.15, 0.2) is 0 Å². The minimum Gasteiger partial charge on any atom is -0.368 e. The first-order chi connectivity index (χ1) is 12.7. The monoisotopic (exact) mass is 367 g/mol. The van der Waals surface area contributed by atoms with Gasteiger partial charge in [-0.15, -0.1) is 11.8 Å². The number of benzene rings is 2. The van der Waals surface area contributed by atoms with Gasteiger partial charge in [0.05, 0.1) is 10.9 Å². The van der Waals surface area contributed by atoms with E-state index in [0.717, 1.165) is 23.7 Å². The molecule has 2 aromatic carbocycles. The number of hydrogen-bond acceptors (Lipinski definition) is 4. The summed E-state index contributed by atoms with van der Waals surface area (Å²) in [7, 11) is 0. The van der Waals surface area contributed by atoms with E-state index in [0.29, 0.717) is 13.1 Å². The van der Waals surface area contributed by atoms with Crippen molar-refractivity contribution >= 4 is 35.0 Å². The molecule has 0 aliphatic carbocycles. The molecule has 2 amide bonds. The summed E-state index contributed by atoms with van der Waals surface area (Å²) in [6, 6.07) is 18.0. The van der Waals surface area contributed by atoms with Gasteiger partial charge in [-0.25, -0.2) is 0 Å². The van der Waals surface area contributed by atoms with Gasteiger partial charge in [-0.2, -0.15) is 0 Å². The molecule has 0 saturated carbocycles. The summed E-state index contributed by atoms with van der Waals surface area (Å²) in [5, 5.41) is 2.55. The summed E-state index contributed by atoms with van der Waals surface area (Å²) >= 11 is 1.48. The maximum absolute atomic E-state index is 12.7. The van der Waals surface area contributed by atoms with Crippen LogP contribution in [0.3, 0.4) is 0 Å². The lowest BCUT2D eigenvalue weighted by atomic mass is 10.2. The Kier molecular flexibility index (Phi) is 4.84. The second kappa shape index (κ2) is 7.41. The quantitative estimate of drug-likeness (QED) is 0.906. The van der Waals surface area contributed by atoms with Crippen molar-refractivity contribution in [1.82, 2.24) is 4.90 Å². The van der Waals surface area contributed by atoms with Crippen LogP contribution in [0.15, 0.2) is 59.5 Å². The Bertz CT molecular complexity index is 804. The Labute approximate surface area is 157 Å². The predicted molar refractivity (Wildman–Crippen MR) is 105 cm³/mol. The van der Waals surface area contributed by atoms with Crippen molar-refractivity contribution in [3.05, 3.63) is 54.6 Å². The number of para-hydroxylation sites is 2. The van der Waals surface area contributed by atoms with Crippen LogP contribution in [-0.2, 0) is 9.59 Å². The molecule has 2 aliphatic heterocycles. The van der Waals surface area contributed by atoms with E-state index < -0.39 is 0 Å². The number of fused-ring (bicyclic) bond motifs is 1. The number of carbonyl (C=O) groups excluding carboxylic acids is 2. The normalized spacial score (nSPS) is 19.7. The topological polar surface area (TPSA) is 52.7 Å². The van der Waals surface area contributed by atoms with Crippen LogP contribution >= 0.6 is 11.8 Å². The Morgan fingerprint density at radius 3 is 2.46 bits per heavy atom. The van der Waals surface area contributed by atoms with Crippen molar-refractivity contribution in [2.75, 3.05) is 36.4 Å². The molecular weight excluding hydrogens is 346 g/mol. The van der Waals surface area contributed by atoms with Crippen molar-refractivity contribution in [2.45, 2.75) is 16.6 Å². The van der Waals surface area contributed by atoms with Crippen molar-refractivity contribution in [2.24, 2.45) is 0 Å². The van der Waals surface area contributed by atoms with Crippen LogP contribution in [0.1, 0.15) is 6.42 Å². The summed E-state index contributed by atoms with van der Waals surface area (Å²) in [5.74, 6) is -0.0188. The van der Waals surface area contributed by atoms with Crippen molar-refractivity contribution in [3.8, 4) is 0 Å². The van der Waals surface area contributed by atoms with Gasteiger partial charge in [-0.05, 0) is 24.3 Å². The molecule has 1 saturated heterocycles. The molecule has 26 heavy (non-hydrogen) atoms. The highest BCUT2D eigenvalue weighted by molar-refractivity contribution is 8.01. The second-order valence-corrected chi connectivity index (χ2v) is 7.74. The smallest absolute Gasteiger partial charge is 0.238 e. The van der Waals surface area contributed by atoms with E-state index in [1.54, 1.807) is 0 Å². The van der Waals surface area contributed by atoms with Crippen LogP contribution in [0.5, 0.6) is 0 Å². The maximum Gasteiger partial charge on any atom is 0.238 e. The van der Waals surface area contributed by atoms with Gasteiger partial charge in [0, 0.05) is 43.2 Å². The van der Waals surface area contributed by atoms with Gasteiger partial charge in [0.2, 0.25) is 11.8 Å². The molecule has 0 spiro atoms. The zero-order valence-electron chi connectivity index (χ0n) is 14.4. The number of carbonyl (C=O) groups is 2. The van der Waals surface area contributed by atoms with E-state index in [-0.39, 0.29) is 23.5 Å². The molecule has 5 nitrogen and oxygen atoms in total. The zero-order chi connectivity index (χ0) is 17.9. The first-order valence-electron chi connectivity index (χ1n) is 8.85. The Morgan fingerprint density at radius 1 is 1.00 bits per heavy atom. The molecule has 0 unspecified atom stereocenters. The molecule has 2 heterocycles. The average Bonchev–Trinajstić information content (AvgIpc) is 2.69. The minimum absolute atomic E-state index is 0.0599. The lowest BCUT2D eigenvalue weighted by Crippen LogP contribution is -2.49. The fraction of sp³-hybridized carbons (Fsp3) is 0.300. The molecule has 6 heteroatoms. The number of thioether (sulfide) groups is 1. The molecule has 0 radical (unpaired) electrons. The largest absolute Gasteiger partial charge is 0.368 e. The van der Waals surface area contributed by atoms with Crippen molar-refractivity contribution in [3.63, 3.8) is 0 Å². The minimum atomic E-state index is -0.357. The van der Waals surface area contributed by atoms with Crippen LogP contribution in [-0.4, -0.2) is 48.1 Å². The molecule has 0 aromatic heterocycles. The number of nitrogens with one attached hydrogen (secondary N) is 1. The number of anilines is 2. The molecule has 1 N–H and O–H groups in total. The molecule has 1 atom stereocenters. The predicted octanol–water partition coefficient (Wildman–Crippen LogP) is 2.84. The summed E-state index contributed by atoms with van der Waals surface area (Å²) < 4.78 is 0. The summed E-state index contributed by atoms with van der Waals surface area (Å²) in [6.07, 6.45) is 0.246. The van der Waals surface area contributed by atoms with Gasteiger partial charge in [0.25, 0.3) is 0 Å². The van der Waals surface area contributed by atoms with E-state index in [1.807, 2.05) is 47.4 Å². The molecule has 2 aliphatic rings. The fourth-order valence-corrected chi connectivity index (χ4v) is 4.47. The SMILES string of the molecule is O=C1Nc2ccccc2S[C@@H]1CC(=O)N1CCN(c2ccccc2)CC1. The zero-order valence-corrected chi connectivity index (χ0v) is 15.2. The van der Waals surface area contributed by atoms with E-state index in [9.17, 15) is 9.59 Å². The first kappa shape index (κ1) is 17.0. The fourth-order valence-electron chi connectivity index (χ4n) is 3.37. The third-order valence-corrected chi connectivity index (χ3v) is 6.10. The highest BCUT2D eigenvalue weighted by atomic mass is 32.2. The number of amides is 2.